The summed E-state index contributed by atoms with van der Waals surface area (Å²) in [5.74, 6) is 0.933. The summed E-state index contributed by atoms with van der Waals surface area (Å²) in [6, 6.07) is 0.421. The third-order valence-electron chi connectivity index (χ3n) is 2.66. The molecule has 2 N–H and O–H groups in total. The lowest BCUT2D eigenvalue weighted by atomic mass is 9.99. The summed E-state index contributed by atoms with van der Waals surface area (Å²) < 4.78 is 0. The van der Waals surface area contributed by atoms with Gasteiger partial charge in [-0.05, 0) is 18.8 Å². The lowest BCUT2D eigenvalue weighted by molar-refractivity contribution is -0.121. The molecule has 2 atom stereocenters. The molecule has 2 aliphatic heterocycles. The molecule has 3 heteroatoms. The number of nitrogens with one attached hydrogen (secondary N) is 2. The lowest BCUT2D eigenvalue weighted by Crippen LogP contribution is -2.38. The van der Waals surface area contributed by atoms with Crippen molar-refractivity contribution in [2.45, 2.75) is 25.3 Å². The van der Waals surface area contributed by atoms with Crippen LogP contribution in [0, 0.1) is 5.92 Å². The largest absolute Gasteiger partial charge is 0.352 e. The van der Waals surface area contributed by atoms with Gasteiger partial charge in [0.25, 0.3) is 0 Å². The number of hydrogen-bond donors (Lipinski definition) is 2. The quantitative estimate of drug-likeness (QED) is 0.510. The van der Waals surface area contributed by atoms with E-state index in [0.717, 1.165) is 25.9 Å². The van der Waals surface area contributed by atoms with Gasteiger partial charge in [0.15, 0.2) is 0 Å². The Hall–Kier alpha value is -0.570. The maximum atomic E-state index is 11.1. The molecule has 0 saturated carbocycles. The fourth-order valence-electron chi connectivity index (χ4n) is 2.01. The SMILES string of the molecule is O=C1CCCC2CNCC2N1. The zero-order valence-electron chi connectivity index (χ0n) is 6.60. The van der Waals surface area contributed by atoms with Gasteiger partial charge in [-0.25, -0.2) is 0 Å². The number of hydrogen-bond acceptors (Lipinski definition) is 2. The first-order valence-corrected chi connectivity index (χ1v) is 4.36. The summed E-state index contributed by atoms with van der Waals surface area (Å²) in [6.07, 6.45) is 3.00. The first kappa shape index (κ1) is 7.10. The van der Waals surface area contributed by atoms with Crippen LogP contribution in [0.25, 0.3) is 0 Å². The summed E-state index contributed by atoms with van der Waals surface area (Å²) in [6.45, 7) is 2.06. The van der Waals surface area contributed by atoms with Gasteiger partial charge in [-0.3, -0.25) is 4.79 Å². The molecule has 11 heavy (non-hydrogen) atoms. The first-order valence-electron chi connectivity index (χ1n) is 4.36. The molecule has 0 bridgehead atoms. The molecule has 2 aliphatic rings. The van der Waals surface area contributed by atoms with Crippen LogP contribution in [0.5, 0.6) is 0 Å². The first-order chi connectivity index (χ1) is 5.36. The van der Waals surface area contributed by atoms with Gasteiger partial charge in [0.05, 0.1) is 0 Å². The van der Waals surface area contributed by atoms with Crippen molar-refractivity contribution in [3.05, 3.63) is 0 Å². The Morgan fingerprint density at radius 1 is 1.36 bits per heavy atom. The zero-order valence-corrected chi connectivity index (χ0v) is 6.60. The van der Waals surface area contributed by atoms with E-state index >= 15 is 0 Å². The van der Waals surface area contributed by atoms with Crippen LogP contribution < -0.4 is 10.6 Å². The molecule has 0 aromatic carbocycles. The standard InChI is InChI=1S/C8H14N2O/c11-8-3-1-2-6-4-9-5-7(6)10-8/h6-7,9H,1-5H2,(H,10,11). The third-order valence-corrected chi connectivity index (χ3v) is 2.66. The van der Waals surface area contributed by atoms with Gasteiger partial charge in [0.2, 0.25) is 5.91 Å². The average Bonchev–Trinajstić information content (AvgIpc) is 2.31. The summed E-state index contributed by atoms with van der Waals surface area (Å²) in [4.78, 5) is 11.1. The predicted molar refractivity (Wildman–Crippen MR) is 42.1 cm³/mol. The van der Waals surface area contributed by atoms with Crippen molar-refractivity contribution >= 4 is 5.91 Å². The summed E-state index contributed by atoms with van der Waals surface area (Å²) in [7, 11) is 0. The number of carbonyl (C=O) groups is 1. The molecule has 0 aromatic heterocycles. The molecule has 0 aromatic rings. The van der Waals surface area contributed by atoms with Crippen molar-refractivity contribution < 1.29 is 4.79 Å². The maximum absolute atomic E-state index is 11.1. The van der Waals surface area contributed by atoms with Crippen molar-refractivity contribution in [3.8, 4) is 0 Å². The van der Waals surface area contributed by atoms with Crippen LogP contribution in [-0.4, -0.2) is 25.0 Å². The number of fused-ring (bicyclic) bond motifs is 1. The molecule has 3 nitrogen and oxygen atoms in total. The van der Waals surface area contributed by atoms with Crippen molar-refractivity contribution in [1.82, 2.24) is 10.6 Å². The third kappa shape index (κ3) is 1.38. The number of rotatable bonds is 0. The van der Waals surface area contributed by atoms with Crippen LogP contribution >= 0.6 is 0 Å². The van der Waals surface area contributed by atoms with Crippen LogP contribution in [0.1, 0.15) is 19.3 Å². The van der Waals surface area contributed by atoms with Gasteiger partial charge in [-0.2, -0.15) is 0 Å². The monoisotopic (exact) mass is 154 g/mol. The minimum absolute atomic E-state index is 0.237. The Bertz CT molecular complexity index is 169. The van der Waals surface area contributed by atoms with Crippen LogP contribution in [0.15, 0.2) is 0 Å². The zero-order chi connectivity index (χ0) is 7.68. The Kier molecular flexibility index (Phi) is 1.82. The molecule has 2 saturated heterocycles. The molecule has 2 rings (SSSR count). The van der Waals surface area contributed by atoms with Gasteiger partial charge < -0.3 is 10.6 Å². The minimum Gasteiger partial charge on any atom is -0.352 e. The van der Waals surface area contributed by atoms with E-state index in [1.54, 1.807) is 0 Å². The molecule has 0 spiro atoms. The Morgan fingerprint density at radius 2 is 2.27 bits per heavy atom. The molecule has 2 unspecified atom stereocenters. The van der Waals surface area contributed by atoms with Crippen molar-refractivity contribution in [2.24, 2.45) is 5.92 Å². The fourth-order valence-corrected chi connectivity index (χ4v) is 2.01. The Labute approximate surface area is 66.5 Å². The average molecular weight is 154 g/mol. The predicted octanol–water partition coefficient (Wildman–Crippen LogP) is -0.126. The van der Waals surface area contributed by atoms with Crippen LogP contribution in [-0.2, 0) is 4.79 Å². The van der Waals surface area contributed by atoms with Crippen LogP contribution in [0.2, 0.25) is 0 Å². The van der Waals surface area contributed by atoms with E-state index in [9.17, 15) is 4.79 Å². The highest BCUT2D eigenvalue weighted by Gasteiger charge is 2.29. The van der Waals surface area contributed by atoms with Gasteiger partial charge in [-0.15, -0.1) is 0 Å². The second-order valence-corrected chi connectivity index (χ2v) is 3.48. The van der Waals surface area contributed by atoms with Crippen molar-refractivity contribution in [2.75, 3.05) is 13.1 Å². The van der Waals surface area contributed by atoms with E-state index in [1.807, 2.05) is 0 Å². The van der Waals surface area contributed by atoms with E-state index in [1.165, 1.54) is 6.42 Å². The number of carbonyl (C=O) groups excluding carboxylic acids is 1. The minimum atomic E-state index is 0.237. The van der Waals surface area contributed by atoms with Crippen LogP contribution in [0.4, 0.5) is 0 Å². The second kappa shape index (κ2) is 2.81. The molecule has 2 heterocycles. The van der Waals surface area contributed by atoms with Gasteiger partial charge in [0, 0.05) is 25.6 Å². The molecule has 1 amide bonds. The second-order valence-electron chi connectivity index (χ2n) is 3.48. The summed E-state index contributed by atoms with van der Waals surface area (Å²) >= 11 is 0. The van der Waals surface area contributed by atoms with Crippen molar-refractivity contribution in [1.29, 1.82) is 0 Å². The molecule has 0 radical (unpaired) electrons. The highest BCUT2D eigenvalue weighted by Crippen LogP contribution is 2.19. The van der Waals surface area contributed by atoms with E-state index in [2.05, 4.69) is 10.6 Å². The Morgan fingerprint density at radius 3 is 3.18 bits per heavy atom. The van der Waals surface area contributed by atoms with Crippen molar-refractivity contribution in [3.63, 3.8) is 0 Å². The smallest absolute Gasteiger partial charge is 0.220 e. The van der Waals surface area contributed by atoms with Gasteiger partial charge >= 0.3 is 0 Å². The number of amides is 1. The topological polar surface area (TPSA) is 41.1 Å². The van der Waals surface area contributed by atoms with E-state index in [4.69, 9.17) is 0 Å². The van der Waals surface area contributed by atoms with E-state index in [0.29, 0.717) is 12.0 Å². The molecular formula is C8H14N2O. The lowest BCUT2D eigenvalue weighted by Gasteiger charge is -2.14. The molecule has 2 fully saturated rings. The molecule has 62 valence electrons. The summed E-state index contributed by atoms with van der Waals surface area (Å²) in [5, 5.41) is 6.34. The van der Waals surface area contributed by atoms with Crippen LogP contribution in [0.3, 0.4) is 0 Å². The molecular weight excluding hydrogens is 140 g/mol. The maximum Gasteiger partial charge on any atom is 0.220 e. The normalized spacial score (nSPS) is 37.6. The van der Waals surface area contributed by atoms with Gasteiger partial charge in [0.1, 0.15) is 0 Å². The highest BCUT2D eigenvalue weighted by molar-refractivity contribution is 5.76. The Balaban J connectivity index is 2.03. The highest BCUT2D eigenvalue weighted by atomic mass is 16.1. The summed E-state index contributed by atoms with van der Waals surface area (Å²) in [5.41, 5.74) is 0. The van der Waals surface area contributed by atoms with E-state index < -0.39 is 0 Å². The fraction of sp³-hybridized carbons (Fsp3) is 0.875. The van der Waals surface area contributed by atoms with Gasteiger partial charge in [-0.1, -0.05) is 0 Å². The molecule has 0 aliphatic carbocycles. The van der Waals surface area contributed by atoms with E-state index in [-0.39, 0.29) is 5.91 Å².